The SMILES string of the molecule is C#CC(C)NS(=O)(=O)c1cc(N)c(Cl)cc1C. The number of nitrogens with one attached hydrogen (secondary N) is 1. The Kier molecular flexibility index (Phi) is 4.04. The average molecular weight is 273 g/mol. The Balaban J connectivity index is 3.26. The molecule has 0 aliphatic carbocycles. The molecule has 0 aromatic heterocycles. The molecule has 1 unspecified atom stereocenters. The molecule has 92 valence electrons. The molecule has 6 heteroatoms. The normalized spacial score (nSPS) is 13.1. The van der Waals surface area contributed by atoms with Crippen molar-refractivity contribution in [2.75, 3.05) is 5.73 Å². The lowest BCUT2D eigenvalue weighted by Gasteiger charge is -2.12. The van der Waals surface area contributed by atoms with Crippen molar-refractivity contribution in [3.8, 4) is 12.3 Å². The highest BCUT2D eigenvalue weighted by atomic mass is 35.5. The van der Waals surface area contributed by atoms with Crippen LogP contribution >= 0.6 is 11.6 Å². The highest BCUT2D eigenvalue weighted by molar-refractivity contribution is 7.89. The van der Waals surface area contributed by atoms with Crippen LogP contribution in [0.2, 0.25) is 5.02 Å². The molecule has 0 saturated heterocycles. The lowest BCUT2D eigenvalue weighted by atomic mass is 10.2. The van der Waals surface area contributed by atoms with Crippen LogP contribution in [0.25, 0.3) is 0 Å². The van der Waals surface area contributed by atoms with Gasteiger partial charge in [-0.15, -0.1) is 6.42 Å². The number of benzene rings is 1. The molecule has 4 nitrogen and oxygen atoms in total. The summed E-state index contributed by atoms with van der Waals surface area (Å²) in [5, 5.41) is 0.325. The zero-order valence-corrected chi connectivity index (χ0v) is 11.1. The molecule has 0 radical (unpaired) electrons. The van der Waals surface area contributed by atoms with Crippen LogP contribution in [0, 0.1) is 19.3 Å². The maximum Gasteiger partial charge on any atom is 0.241 e. The molecule has 1 atom stereocenters. The maximum atomic E-state index is 12.0. The van der Waals surface area contributed by atoms with Gasteiger partial charge in [0.2, 0.25) is 10.0 Å². The van der Waals surface area contributed by atoms with Crippen LogP contribution in [0.15, 0.2) is 17.0 Å². The molecule has 1 aromatic rings. The first-order valence-corrected chi connectivity index (χ1v) is 6.68. The molecule has 0 saturated carbocycles. The van der Waals surface area contributed by atoms with E-state index in [1.165, 1.54) is 12.1 Å². The van der Waals surface area contributed by atoms with E-state index in [0.29, 0.717) is 10.6 Å². The summed E-state index contributed by atoms with van der Waals surface area (Å²) in [6.07, 6.45) is 5.13. The fourth-order valence-corrected chi connectivity index (χ4v) is 2.93. The smallest absolute Gasteiger partial charge is 0.241 e. The van der Waals surface area contributed by atoms with Crippen LogP contribution < -0.4 is 10.5 Å². The minimum atomic E-state index is -3.67. The number of halogens is 1. The molecular formula is C11H13ClN2O2S. The molecular weight excluding hydrogens is 260 g/mol. The van der Waals surface area contributed by atoms with Gasteiger partial charge in [-0.25, -0.2) is 8.42 Å². The van der Waals surface area contributed by atoms with E-state index >= 15 is 0 Å². The third-order valence-corrected chi connectivity index (χ3v) is 4.18. The van der Waals surface area contributed by atoms with Gasteiger partial charge in [0.15, 0.2) is 0 Å². The molecule has 0 spiro atoms. The van der Waals surface area contributed by atoms with Gasteiger partial charge in [0.05, 0.1) is 21.6 Å². The Morgan fingerprint density at radius 3 is 2.65 bits per heavy atom. The van der Waals surface area contributed by atoms with Gasteiger partial charge in [-0.3, -0.25) is 0 Å². The molecule has 0 fully saturated rings. The molecule has 0 aliphatic heterocycles. The van der Waals surface area contributed by atoms with Crippen molar-refractivity contribution in [1.29, 1.82) is 0 Å². The van der Waals surface area contributed by atoms with E-state index in [1.54, 1.807) is 13.8 Å². The molecule has 3 N–H and O–H groups in total. The second-order valence-corrected chi connectivity index (χ2v) is 5.74. The van der Waals surface area contributed by atoms with Crippen molar-refractivity contribution in [1.82, 2.24) is 4.72 Å². The molecule has 0 amide bonds. The van der Waals surface area contributed by atoms with E-state index in [1.807, 2.05) is 0 Å². The highest BCUT2D eigenvalue weighted by Crippen LogP contribution is 2.26. The summed E-state index contributed by atoms with van der Waals surface area (Å²) in [4.78, 5) is 0.0847. The van der Waals surface area contributed by atoms with Gasteiger partial charge in [-0.2, -0.15) is 4.72 Å². The van der Waals surface area contributed by atoms with E-state index in [4.69, 9.17) is 23.8 Å². The average Bonchev–Trinajstić information content (AvgIpc) is 2.22. The van der Waals surface area contributed by atoms with Crippen molar-refractivity contribution >= 4 is 27.3 Å². The molecule has 1 aromatic carbocycles. The Bertz CT molecular complexity index is 576. The van der Waals surface area contributed by atoms with Gasteiger partial charge in [0.1, 0.15) is 0 Å². The van der Waals surface area contributed by atoms with Gasteiger partial charge in [-0.05, 0) is 31.5 Å². The molecule has 17 heavy (non-hydrogen) atoms. The van der Waals surface area contributed by atoms with Gasteiger partial charge in [0.25, 0.3) is 0 Å². The van der Waals surface area contributed by atoms with Gasteiger partial charge < -0.3 is 5.73 Å². The summed E-state index contributed by atoms with van der Waals surface area (Å²) in [6, 6.07) is 2.24. The van der Waals surface area contributed by atoms with Crippen LogP contribution in [-0.4, -0.2) is 14.5 Å². The van der Waals surface area contributed by atoms with Gasteiger partial charge >= 0.3 is 0 Å². The zero-order valence-electron chi connectivity index (χ0n) is 9.49. The fourth-order valence-electron chi connectivity index (χ4n) is 1.29. The second kappa shape index (κ2) is 4.96. The number of hydrogen-bond donors (Lipinski definition) is 2. The fraction of sp³-hybridized carbons (Fsp3) is 0.273. The number of terminal acetylenes is 1. The van der Waals surface area contributed by atoms with Crippen LogP contribution in [0.1, 0.15) is 12.5 Å². The summed E-state index contributed by atoms with van der Waals surface area (Å²) in [5.41, 5.74) is 6.31. The predicted molar refractivity (Wildman–Crippen MR) is 69.2 cm³/mol. The zero-order chi connectivity index (χ0) is 13.2. The van der Waals surface area contributed by atoms with E-state index in [0.717, 1.165) is 0 Å². The molecule has 0 heterocycles. The number of anilines is 1. The van der Waals surface area contributed by atoms with Gasteiger partial charge in [-0.1, -0.05) is 17.5 Å². The summed E-state index contributed by atoms with van der Waals surface area (Å²) in [5.74, 6) is 2.29. The Labute approximate surface area is 106 Å². The first-order chi connectivity index (χ1) is 7.77. The standard InChI is InChI=1S/C11H13ClN2O2S/c1-4-8(3)14-17(15,16)11-6-10(13)9(12)5-7(11)2/h1,5-6,8,14H,13H2,2-3H3. The number of rotatable bonds is 3. The molecule has 0 aliphatic rings. The van der Waals surface area contributed by atoms with E-state index in [9.17, 15) is 8.42 Å². The van der Waals surface area contributed by atoms with Crippen molar-refractivity contribution in [3.63, 3.8) is 0 Å². The number of nitrogen functional groups attached to an aromatic ring is 1. The van der Waals surface area contributed by atoms with E-state index in [-0.39, 0.29) is 10.6 Å². The van der Waals surface area contributed by atoms with Crippen LogP contribution in [-0.2, 0) is 10.0 Å². The third kappa shape index (κ3) is 3.13. The minimum Gasteiger partial charge on any atom is -0.397 e. The quantitative estimate of drug-likeness (QED) is 0.647. The number of hydrogen-bond acceptors (Lipinski definition) is 3. The minimum absolute atomic E-state index is 0.0847. The maximum absolute atomic E-state index is 12.0. The number of sulfonamides is 1. The largest absolute Gasteiger partial charge is 0.397 e. The highest BCUT2D eigenvalue weighted by Gasteiger charge is 2.19. The summed E-state index contributed by atoms with van der Waals surface area (Å²) < 4.78 is 26.3. The summed E-state index contributed by atoms with van der Waals surface area (Å²) in [6.45, 7) is 3.21. The monoisotopic (exact) mass is 272 g/mol. The Morgan fingerprint density at radius 2 is 2.12 bits per heavy atom. The summed E-state index contributed by atoms with van der Waals surface area (Å²) >= 11 is 5.80. The first kappa shape index (κ1) is 13.8. The third-order valence-electron chi connectivity index (χ3n) is 2.17. The van der Waals surface area contributed by atoms with Crippen molar-refractivity contribution in [2.45, 2.75) is 24.8 Å². The number of aryl methyl sites for hydroxylation is 1. The van der Waals surface area contributed by atoms with Crippen molar-refractivity contribution in [3.05, 3.63) is 22.7 Å². The summed E-state index contributed by atoms with van der Waals surface area (Å²) in [7, 11) is -3.67. The van der Waals surface area contributed by atoms with Crippen LogP contribution in [0.3, 0.4) is 0 Å². The predicted octanol–water partition coefficient (Wildman–Crippen LogP) is 1.53. The first-order valence-electron chi connectivity index (χ1n) is 4.82. The van der Waals surface area contributed by atoms with Crippen LogP contribution in [0.5, 0.6) is 0 Å². The second-order valence-electron chi connectivity index (χ2n) is 3.65. The topological polar surface area (TPSA) is 72.2 Å². The lowest BCUT2D eigenvalue weighted by molar-refractivity contribution is 0.577. The molecule has 0 bridgehead atoms. The Morgan fingerprint density at radius 1 is 1.53 bits per heavy atom. The number of nitrogens with two attached hydrogens (primary N) is 1. The lowest BCUT2D eigenvalue weighted by Crippen LogP contribution is -2.31. The van der Waals surface area contributed by atoms with Crippen molar-refractivity contribution < 1.29 is 8.42 Å². The van der Waals surface area contributed by atoms with E-state index in [2.05, 4.69) is 10.6 Å². The Hall–Kier alpha value is -1.22. The van der Waals surface area contributed by atoms with Crippen molar-refractivity contribution in [2.24, 2.45) is 0 Å². The van der Waals surface area contributed by atoms with E-state index < -0.39 is 16.1 Å². The van der Waals surface area contributed by atoms with Gasteiger partial charge in [0, 0.05) is 0 Å². The molecule has 1 rings (SSSR count). The van der Waals surface area contributed by atoms with Crippen LogP contribution in [0.4, 0.5) is 5.69 Å².